The first-order valence-corrected chi connectivity index (χ1v) is 5.52. The van der Waals surface area contributed by atoms with Gasteiger partial charge in [-0.2, -0.15) is 5.10 Å². The molecule has 1 rings (SSSR count). The van der Waals surface area contributed by atoms with Gasteiger partial charge in [0.25, 0.3) is 0 Å². The second-order valence-electron chi connectivity index (χ2n) is 3.66. The smallest absolute Gasteiger partial charge is 0.322 e. The number of carbonyl (C=O) groups is 1. The number of likely N-dealkylation sites (N-methyl/N-ethyl adjacent to an activating group) is 1. The molecule has 0 aromatic carbocycles. The molecular formula is C10H16ClN3O2. The third-order valence-electron chi connectivity index (χ3n) is 2.45. The molecule has 1 aromatic heterocycles. The van der Waals surface area contributed by atoms with E-state index < -0.39 is 12.0 Å². The molecule has 2 atom stereocenters. The van der Waals surface area contributed by atoms with Crippen LogP contribution in [-0.2, 0) is 4.79 Å². The van der Waals surface area contributed by atoms with Gasteiger partial charge >= 0.3 is 5.97 Å². The largest absolute Gasteiger partial charge is 0.480 e. The third kappa shape index (κ3) is 2.74. The number of carboxylic acid groups (broad SMARTS) is 1. The lowest BCUT2D eigenvalue weighted by molar-refractivity contribution is -0.140. The number of nitrogens with zero attached hydrogens (tertiary/aromatic N) is 2. The molecule has 1 heterocycles. The van der Waals surface area contributed by atoms with Gasteiger partial charge in [0, 0.05) is 6.20 Å². The van der Waals surface area contributed by atoms with Crippen LogP contribution in [0, 0.1) is 6.92 Å². The van der Waals surface area contributed by atoms with E-state index in [-0.39, 0.29) is 6.04 Å². The van der Waals surface area contributed by atoms with Crippen molar-refractivity contribution in [2.24, 2.45) is 0 Å². The number of hydrogen-bond donors (Lipinski definition) is 2. The molecule has 0 aliphatic heterocycles. The summed E-state index contributed by atoms with van der Waals surface area (Å²) < 4.78 is 1.58. The highest BCUT2D eigenvalue weighted by atomic mass is 35.5. The van der Waals surface area contributed by atoms with Crippen LogP contribution in [0.5, 0.6) is 0 Å². The molecule has 0 spiro atoms. The van der Waals surface area contributed by atoms with Gasteiger partial charge in [0.05, 0.1) is 16.8 Å². The van der Waals surface area contributed by atoms with E-state index in [0.717, 1.165) is 0 Å². The minimum absolute atomic E-state index is 0.288. The molecule has 90 valence electrons. The summed E-state index contributed by atoms with van der Waals surface area (Å²) in [6, 6.07) is -0.955. The minimum atomic E-state index is -0.890. The van der Waals surface area contributed by atoms with Gasteiger partial charge in [0.15, 0.2) is 0 Å². The molecule has 0 amide bonds. The zero-order valence-electron chi connectivity index (χ0n) is 9.57. The van der Waals surface area contributed by atoms with E-state index in [1.165, 1.54) is 0 Å². The van der Waals surface area contributed by atoms with Crippen LogP contribution in [0.1, 0.15) is 25.6 Å². The van der Waals surface area contributed by atoms with E-state index in [2.05, 4.69) is 10.4 Å². The highest BCUT2D eigenvalue weighted by Gasteiger charge is 2.25. The maximum absolute atomic E-state index is 11.1. The van der Waals surface area contributed by atoms with E-state index in [4.69, 9.17) is 16.7 Å². The summed E-state index contributed by atoms with van der Waals surface area (Å²) in [4.78, 5) is 11.1. The van der Waals surface area contributed by atoms with E-state index in [1.807, 2.05) is 6.92 Å². The summed E-state index contributed by atoms with van der Waals surface area (Å²) in [6.07, 6.45) is 1.65. The molecule has 0 saturated carbocycles. The standard InChI is InChI=1S/C10H16ClN3O2/c1-4-12-9(10(15)16)7(3)14-5-8(11)6(2)13-14/h5,7,9,12H,4H2,1-3H3,(H,15,16). The van der Waals surface area contributed by atoms with E-state index in [1.54, 1.807) is 24.7 Å². The first-order chi connectivity index (χ1) is 7.47. The van der Waals surface area contributed by atoms with E-state index in [9.17, 15) is 4.79 Å². The van der Waals surface area contributed by atoms with Crippen molar-refractivity contribution < 1.29 is 9.90 Å². The van der Waals surface area contributed by atoms with Crippen LogP contribution in [0.4, 0.5) is 0 Å². The topological polar surface area (TPSA) is 67.2 Å². The molecule has 0 fully saturated rings. The van der Waals surface area contributed by atoms with Gasteiger partial charge in [-0.1, -0.05) is 18.5 Å². The van der Waals surface area contributed by atoms with Crippen LogP contribution in [0.25, 0.3) is 0 Å². The number of halogens is 1. The molecule has 5 nitrogen and oxygen atoms in total. The molecular weight excluding hydrogens is 230 g/mol. The van der Waals surface area contributed by atoms with E-state index >= 15 is 0 Å². The molecule has 6 heteroatoms. The Kier molecular flexibility index (Phi) is 4.32. The predicted octanol–water partition coefficient (Wildman–Crippen LogP) is 1.47. The van der Waals surface area contributed by atoms with Gasteiger partial charge in [-0.3, -0.25) is 9.48 Å². The van der Waals surface area contributed by atoms with Gasteiger partial charge < -0.3 is 10.4 Å². The van der Waals surface area contributed by atoms with Crippen LogP contribution < -0.4 is 5.32 Å². The summed E-state index contributed by atoms with van der Waals surface area (Å²) in [5.74, 6) is -0.890. The van der Waals surface area contributed by atoms with Crippen LogP contribution in [0.2, 0.25) is 5.02 Å². The summed E-state index contributed by atoms with van der Waals surface area (Å²) >= 11 is 5.88. The number of aliphatic carboxylic acids is 1. The molecule has 0 radical (unpaired) electrons. The van der Waals surface area contributed by atoms with Crippen molar-refractivity contribution in [3.05, 3.63) is 16.9 Å². The van der Waals surface area contributed by atoms with Crippen molar-refractivity contribution in [1.29, 1.82) is 0 Å². The Morgan fingerprint density at radius 1 is 1.75 bits per heavy atom. The first kappa shape index (κ1) is 13.0. The second-order valence-corrected chi connectivity index (χ2v) is 4.06. The van der Waals surface area contributed by atoms with Crippen molar-refractivity contribution in [3.63, 3.8) is 0 Å². The van der Waals surface area contributed by atoms with Gasteiger partial charge in [-0.05, 0) is 20.4 Å². The molecule has 2 unspecified atom stereocenters. The predicted molar refractivity (Wildman–Crippen MR) is 61.8 cm³/mol. The van der Waals surface area contributed by atoms with Crippen molar-refractivity contribution in [1.82, 2.24) is 15.1 Å². The average molecular weight is 246 g/mol. The molecule has 1 aromatic rings. The lowest BCUT2D eigenvalue weighted by Gasteiger charge is -2.21. The Hall–Kier alpha value is -1.07. The molecule has 0 saturated heterocycles. The number of aryl methyl sites for hydroxylation is 1. The summed E-state index contributed by atoms with van der Waals surface area (Å²) in [5.41, 5.74) is 0.703. The normalized spacial score (nSPS) is 14.8. The Bertz CT molecular complexity index is 359. The molecule has 0 aliphatic carbocycles. The number of rotatable bonds is 5. The maximum atomic E-state index is 11.1. The van der Waals surface area contributed by atoms with Crippen LogP contribution in [0.3, 0.4) is 0 Å². The fourth-order valence-electron chi connectivity index (χ4n) is 1.50. The number of nitrogens with one attached hydrogen (secondary N) is 1. The maximum Gasteiger partial charge on any atom is 0.322 e. The minimum Gasteiger partial charge on any atom is -0.480 e. The summed E-state index contributed by atoms with van der Waals surface area (Å²) in [6.45, 7) is 6.04. The van der Waals surface area contributed by atoms with Gasteiger partial charge in [-0.15, -0.1) is 0 Å². The lowest BCUT2D eigenvalue weighted by Crippen LogP contribution is -2.42. The molecule has 2 N–H and O–H groups in total. The van der Waals surface area contributed by atoms with Crippen LogP contribution in [-0.4, -0.2) is 33.4 Å². The van der Waals surface area contributed by atoms with Crippen LogP contribution in [0.15, 0.2) is 6.20 Å². The Morgan fingerprint density at radius 3 is 2.75 bits per heavy atom. The van der Waals surface area contributed by atoms with Crippen LogP contribution >= 0.6 is 11.6 Å². The van der Waals surface area contributed by atoms with Gasteiger partial charge in [-0.25, -0.2) is 0 Å². The van der Waals surface area contributed by atoms with Crippen molar-refractivity contribution in [2.45, 2.75) is 32.9 Å². The number of carboxylic acids is 1. The average Bonchev–Trinajstić information content (AvgIpc) is 2.54. The van der Waals surface area contributed by atoms with Crippen molar-refractivity contribution in [2.75, 3.05) is 6.54 Å². The molecule has 16 heavy (non-hydrogen) atoms. The highest BCUT2D eigenvalue weighted by molar-refractivity contribution is 6.31. The summed E-state index contributed by atoms with van der Waals surface area (Å²) in [7, 11) is 0. The van der Waals surface area contributed by atoms with Crippen molar-refractivity contribution in [3.8, 4) is 0 Å². The lowest BCUT2D eigenvalue weighted by atomic mass is 10.1. The molecule has 0 aliphatic rings. The number of hydrogen-bond acceptors (Lipinski definition) is 3. The zero-order valence-corrected chi connectivity index (χ0v) is 10.3. The fraction of sp³-hybridized carbons (Fsp3) is 0.600. The summed E-state index contributed by atoms with van der Waals surface area (Å²) in [5, 5.41) is 16.7. The highest BCUT2D eigenvalue weighted by Crippen LogP contribution is 2.18. The zero-order chi connectivity index (χ0) is 12.3. The monoisotopic (exact) mass is 245 g/mol. The van der Waals surface area contributed by atoms with E-state index in [0.29, 0.717) is 17.3 Å². The Labute approximate surface area is 99.4 Å². The quantitative estimate of drug-likeness (QED) is 0.825. The van der Waals surface area contributed by atoms with Crippen molar-refractivity contribution >= 4 is 17.6 Å². The number of aromatic nitrogens is 2. The fourth-order valence-corrected chi connectivity index (χ4v) is 1.64. The first-order valence-electron chi connectivity index (χ1n) is 5.14. The second kappa shape index (κ2) is 5.32. The van der Waals surface area contributed by atoms with Gasteiger partial charge in [0.1, 0.15) is 6.04 Å². The Morgan fingerprint density at radius 2 is 2.38 bits per heavy atom. The van der Waals surface area contributed by atoms with Gasteiger partial charge in [0.2, 0.25) is 0 Å². The third-order valence-corrected chi connectivity index (χ3v) is 2.82. The molecule has 0 bridgehead atoms. The Balaban J connectivity index is 2.89. The SMILES string of the molecule is CCNC(C(=O)O)C(C)n1cc(Cl)c(C)n1.